The van der Waals surface area contributed by atoms with Crippen molar-refractivity contribution < 1.29 is 14.4 Å². The molecule has 0 aromatic heterocycles. The second kappa shape index (κ2) is 3.01. The molecule has 12 heavy (non-hydrogen) atoms. The molecular formula is C8H5NO3. The maximum absolute atomic E-state index is 11.0. The van der Waals surface area contributed by atoms with Gasteiger partial charge in [-0.1, -0.05) is 5.92 Å². The summed E-state index contributed by atoms with van der Waals surface area (Å²) in [6, 6.07) is 0. The smallest absolute Gasteiger partial charge is 0.260 e. The number of terminal acetylenes is 1. The molecule has 0 fully saturated rings. The van der Waals surface area contributed by atoms with E-state index < -0.39 is 17.7 Å². The van der Waals surface area contributed by atoms with Crippen molar-refractivity contribution in [3.05, 3.63) is 12.2 Å². The highest BCUT2D eigenvalue weighted by Crippen LogP contribution is 2.04. The molecule has 0 aromatic carbocycles. The van der Waals surface area contributed by atoms with E-state index >= 15 is 0 Å². The molecule has 4 heteroatoms. The van der Waals surface area contributed by atoms with Gasteiger partial charge in [-0.15, -0.1) is 6.42 Å². The lowest BCUT2D eigenvalue weighted by atomic mass is 10.4. The first-order valence-electron chi connectivity index (χ1n) is 3.19. The lowest BCUT2D eigenvalue weighted by Crippen LogP contribution is -2.35. The van der Waals surface area contributed by atoms with Gasteiger partial charge in [0.05, 0.1) is 6.42 Å². The molecule has 3 amide bonds. The lowest BCUT2D eigenvalue weighted by molar-refractivity contribution is -0.147. The number of imide groups is 3. The molecule has 0 saturated heterocycles. The Morgan fingerprint density at radius 2 is 1.92 bits per heavy atom. The maximum Gasteiger partial charge on any atom is 0.260 e. The Kier molecular flexibility index (Phi) is 2.06. The molecule has 0 radical (unpaired) electrons. The molecule has 60 valence electrons. The van der Waals surface area contributed by atoms with Crippen molar-refractivity contribution in [3.63, 3.8) is 0 Å². The van der Waals surface area contributed by atoms with Crippen LogP contribution in [-0.4, -0.2) is 22.6 Å². The average Bonchev–Trinajstić information content (AvgIpc) is 2.32. The zero-order valence-corrected chi connectivity index (χ0v) is 6.11. The van der Waals surface area contributed by atoms with E-state index in [-0.39, 0.29) is 6.42 Å². The van der Waals surface area contributed by atoms with E-state index in [1.807, 2.05) is 0 Å². The molecular weight excluding hydrogens is 158 g/mol. The van der Waals surface area contributed by atoms with Crippen molar-refractivity contribution in [2.24, 2.45) is 0 Å². The van der Waals surface area contributed by atoms with E-state index in [1.54, 1.807) is 0 Å². The highest BCUT2D eigenvalue weighted by atomic mass is 16.2. The predicted molar refractivity (Wildman–Crippen MR) is 39.5 cm³/mol. The van der Waals surface area contributed by atoms with Crippen LogP contribution in [0.1, 0.15) is 6.42 Å². The van der Waals surface area contributed by atoms with Gasteiger partial charge in [-0.05, 0) is 0 Å². The van der Waals surface area contributed by atoms with Crippen LogP contribution in [0.3, 0.4) is 0 Å². The molecule has 4 nitrogen and oxygen atoms in total. The summed E-state index contributed by atoms with van der Waals surface area (Å²) < 4.78 is 0. The van der Waals surface area contributed by atoms with Crippen molar-refractivity contribution in [1.29, 1.82) is 0 Å². The van der Waals surface area contributed by atoms with Crippen molar-refractivity contribution >= 4 is 17.7 Å². The summed E-state index contributed by atoms with van der Waals surface area (Å²) in [6.45, 7) is 0. The summed E-state index contributed by atoms with van der Waals surface area (Å²) in [4.78, 5) is 33.2. The van der Waals surface area contributed by atoms with Crippen LogP contribution in [0.5, 0.6) is 0 Å². The summed E-state index contributed by atoms with van der Waals surface area (Å²) in [5.74, 6) is 0.157. The third-order valence-electron chi connectivity index (χ3n) is 1.31. The number of carbonyl (C=O) groups excluding carboxylic acids is 3. The molecule has 1 aliphatic rings. The van der Waals surface area contributed by atoms with E-state index in [0.29, 0.717) is 4.90 Å². The van der Waals surface area contributed by atoms with Gasteiger partial charge in [0.2, 0.25) is 5.91 Å². The summed E-state index contributed by atoms with van der Waals surface area (Å²) in [6.07, 6.45) is 6.69. The number of nitrogens with zero attached hydrogens (tertiary/aromatic N) is 1. The fourth-order valence-electron chi connectivity index (χ4n) is 0.812. The quantitative estimate of drug-likeness (QED) is 0.385. The molecule has 0 aromatic rings. The second-order valence-corrected chi connectivity index (χ2v) is 2.12. The van der Waals surface area contributed by atoms with Crippen LogP contribution in [0.4, 0.5) is 0 Å². The van der Waals surface area contributed by atoms with Gasteiger partial charge in [0, 0.05) is 12.2 Å². The second-order valence-electron chi connectivity index (χ2n) is 2.12. The molecule has 0 aliphatic carbocycles. The zero-order valence-electron chi connectivity index (χ0n) is 6.11. The summed E-state index contributed by atoms with van der Waals surface area (Å²) in [5, 5.41) is 0. The first-order chi connectivity index (χ1) is 5.66. The van der Waals surface area contributed by atoms with Gasteiger partial charge >= 0.3 is 0 Å². The molecule has 1 heterocycles. The number of rotatable bonds is 1. The van der Waals surface area contributed by atoms with Gasteiger partial charge < -0.3 is 0 Å². The number of amides is 3. The molecule has 0 bridgehead atoms. The minimum Gasteiger partial charge on any atom is -0.273 e. The minimum absolute atomic E-state index is 0.237. The first-order valence-corrected chi connectivity index (χ1v) is 3.19. The van der Waals surface area contributed by atoms with E-state index in [9.17, 15) is 14.4 Å². The average molecular weight is 163 g/mol. The van der Waals surface area contributed by atoms with Crippen LogP contribution in [-0.2, 0) is 14.4 Å². The fourth-order valence-corrected chi connectivity index (χ4v) is 0.812. The van der Waals surface area contributed by atoms with Gasteiger partial charge in [0.15, 0.2) is 0 Å². The molecule has 0 unspecified atom stereocenters. The standard InChI is InChI=1S/C8H5NO3/c1-2-3-6(10)9-7(11)4-5-8(9)12/h1,4-5H,3H2. The van der Waals surface area contributed by atoms with Crippen molar-refractivity contribution in [1.82, 2.24) is 4.90 Å². The van der Waals surface area contributed by atoms with Crippen LogP contribution in [0.25, 0.3) is 0 Å². The van der Waals surface area contributed by atoms with Crippen molar-refractivity contribution in [2.45, 2.75) is 6.42 Å². The highest BCUT2D eigenvalue weighted by Gasteiger charge is 2.28. The largest absolute Gasteiger partial charge is 0.273 e. The van der Waals surface area contributed by atoms with Gasteiger partial charge in [0.25, 0.3) is 11.8 Å². The Bertz CT molecular complexity index is 304. The van der Waals surface area contributed by atoms with Crippen molar-refractivity contribution in [3.8, 4) is 12.3 Å². The summed E-state index contributed by atoms with van der Waals surface area (Å²) in [5.41, 5.74) is 0. The van der Waals surface area contributed by atoms with Crippen molar-refractivity contribution in [2.75, 3.05) is 0 Å². The van der Waals surface area contributed by atoms with Crippen LogP contribution >= 0.6 is 0 Å². The van der Waals surface area contributed by atoms with Crippen LogP contribution in [0, 0.1) is 12.3 Å². The molecule has 1 aliphatic heterocycles. The Hall–Kier alpha value is -1.89. The van der Waals surface area contributed by atoms with Crippen LogP contribution in [0.15, 0.2) is 12.2 Å². The normalized spacial score (nSPS) is 15.1. The molecule has 0 atom stereocenters. The van der Waals surface area contributed by atoms with Gasteiger partial charge in [0.1, 0.15) is 0 Å². The first kappa shape index (κ1) is 8.21. The molecule has 0 saturated carbocycles. The van der Waals surface area contributed by atoms with Crippen LogP contribution < -0.4 is 0 Å². The molecule has 0 spiro atoms. The summed E-state index contributed by atoms with van der Waals surface area (Å²) >= 11 is 0. The Labute approximate surface area is 68.8 Å². The number of hydrogen-bond donors (Lipinski definition) is 0. The number of hydrogen-bond acceptors (Lipinski definition) is 3. The van der Waals surface area contributed by atoms with E-state index in [0.717, 1.165) is 12.2 Å². The fraction of sp³-hybridized carbons (Fsp3) is 0.125. The number of carbonyl (C=O) groups is 3. The third kappa shape index (κ3) is 1.25. The Balaban J connectivity index is 2.78. The summed E-state index contributed by atoms with van der Waals surface area (Å²) in [7, 11) is 0. The van der Waals surface area contributed by atoms with Crippen LogP contribution in [0.2, 0.25) is 0 Å². The zero-order chi connectivity index (χ0) is 9.14. The highest BCUT2D eigenvalue weighted by molar-refractivity contribution is 6.22. The van der Waals surface area contributed by atoms with E-state index in [2.05, 4.69) is 5.92 Å². The predicted octanol–water partition coefficient (Wildman–Crippen LogP) is -0.539. The van der Waals surface area contributed by atoms with Gasteiger partial charge in [-0.2, -0.15) is 0 Å². The topological polar surface area (TPSA) is 54.5 Å². The molecule has 1 rings (SSSR count). The van der Waals surface area contributed by atoms with Gasteiger partial charge in [-0.3, -0.25) is 14.4 Å². The van der Waals surface area contributed by atoms with E-state index in [1.165, 1.54) is 0 Å². The lowest BCUT2D eigenvalue weighted by Gasteiger charge is -2.08. The Morgan fingerprint density at radius 1 is 1.42 bits per heavy atom. The minimum atomic E-state index is -0.655. The van der Waals surface area contributed by atoms with Gasteiger partial charge in [-0.25, -0.2) is 4.90 Å². The maximum atomic E-state index is 11.0. The Morgan fingerprint density at radius 3 is 2.33 bits per heavy atom. The third-order valence-corrected chi connectivity index (χ3v) is 1.31. The molecule has 0 N–H and O–H groups in total. The SMILES string of the molecule is C#CCC(=O)N1C(=O)C=CC1=O. The van der Waals surface area contributed by atoms with E-state index in [4.69, 9.17) is 6.42 Å². The monoisotopic (exact) mass is 163 g/mol.